The van der Waals surface area contributed by atoms with Gasteiger partial charge in [0.1, 0.15) is 34.4 Å². The molecule has 0 radical (unpaired) electrons. The lowest BCUT2D eigenvalue weighted by molar-refractivity contribution is -0.150. The number of rotatable bonds is 15. The quantitative estimate of drug-likeness (QED) is 0.0184. The molecular weight excluding hydrogens is 853 g/mol. The molecule has 2 aliphatic heterocycles. The van der Waals surface area contributed by atoms with E-state index >= 15 is 0 Å². The van der Waals surface area contributed by atoms with Crippen molar-refractivity contribution in [2.75, 3.05) is 17.2 Å². The number of thioether (sulfide) groups is 2. The molecule has 0 spiro atoms. The third-order valence-corrected chi connectivity index (χ3v) is 13.2. The van der Waals surface area contributed by atoms with Gasteiger partial charge in [-0.05, 0) is 47.9 Å². The molecule has 308 valence electrons. The SMILES string of the molecule is CCc1cc(SCC2=C(C(=O)O)N3C(=O)[C@@H](NC(=O)C(=NOCc4ccc(O)c(O)c4)c4csc(N)n4)[C@H]3SC2)n2nc(CNS(=O)(=O)c3ccc(O)c(O)c3)nc2n1. The number of aryl methyl sites for hydroxylation is 1. The molecule has 21 nitrogen and oxygen atoms in total. The van der Waals surface area contributed by atoms with E-state index in [2.05, 4.69) is 35.2 Å². The number of phenols is 4. The van der Waals surface area contributed by atoms with Crippen LogP contribution in [-0.4, -0.2) is 110 Å². The Bertz CT molecular complexity index is 2690. The van der Waals surface area contributed by atoms with Gasteiger partial charge < -0.3 is 41.4 Å². The number of nitrogens with two attached hydrogens (primary N) is 1. The summed E-state index contributed by atoms with van der Waals surface area (Å²) in [6, 6.07) is 7.67. The largest absolute Gasteiger partial charge is 0.504 e. The van der Waals surface area contributed by atoms with E-state index in [0.717, 1.165) is 34.4 Å². The van der Waals surface area contributed by atoms with E-state index in [4.69, 9.17) is 10.6 Å². The van der Waals surface area contributed by atoms with Gasteiger partial charge in [0.15, 0.2) is 39.7 Å². The van der Waals surface area contributed by atoms with Crippen LogP contribution in [0.1, 0.15) is 29.7 Å². The van der Waals surface area contributed by atoms with Gasteiger partial charge in [0.2, 0.25) is 10.0 Å². The number of nitrogen functional groups attached to an aromatic ring is 1. The molecule has 25 heteroatoms. The number of oxime groups is 1. The topological polar surface area (TPSA) is 317 Å². The van der Waals surface area contributed by atoms with Crippen LogP contribution in [0.15, 0.2) is 74.2 Å². The number of aliphatic carboxylic acids is 1. The molecule has 1 fully saturated rings. The van der Waals surface area contributed by atoms with Crippen molar-refractivity contribution in [3.63, 3.8) is 0 Å². The summed E-state index contributed by atoms with van der Waals surface area (Å²) in [5, 5.41) is 61.2. The van der Waals surface area contributed by atoms with E-state index in [0.29, 0.717) is 28.3 Å². The molecule has 2 aliphatic rings. The van der Waals surface area contributed by atoms with E-state index < -0.39 is 50.7 Å². The maximum absolute atomic E-state index is 13.5. The van der Waals surface area contributed by atoms with Crippen LogP contribution in [0.4, 0.5) is 5.13 Å². The van der Waals surface area contributed by atoms with Crippen molar-refractivity contribution in [1.29, 1.82) is 0 Å². The molecule has 5 aromatic rings. The lowest BCUT2D eigenvalue weighted by atomic mass is 10.0. The summed E-state index contributed by atoms with van der Waals surface area (Å²) in [4.78, 5) is 58.9. The molecule has 7 rings (SSSR count). The Morgan fingerprint density at radius 3 is 2.47 bits per heavy atom. The van der Waals surface area contributed by atoms with Crippen LogP contribution in [0.3, 0.4) is 0 Å². The highest BCUT2D eigenvalue weighted by Crippen LogP contribution is 2.42. The number of phenolic OH excluding ortho intramolecular Hbond substituents is 4. The fourth-order valence-electron chi connectivity index (χ4n) is 5.80. The van der Waals surface area contributed by atoms with Crippen LogP contribution < -0.4 is 15.8 Å². The molecule has 0 unspecified atom stereocenters. The number of anilines is 1. The van der Waals surface area contributed by atoms with Crippen LogP contribution >= 0.6 is 34.9 Å². The molecule has 59 heavy (non-hydrogen) atoms. The van der Waals surface area contributed by atoms with E-state index in [-0.39, 0.29) is 74.9 Å². The number of hydrogen-bond donors (Lipinski definition) is 8. The maximum Gasteiger partial charge on any atom is 0.352 e. The number of nitrogens with zero attached hydrogens (tertiary/aromatic N) is 7. The molecule has 1 saturated heterocycles. The van der Waals surface area contributed by atoms with Crippen molar-refractivity contribution < 1.29 is 53.2 Å². The average Bonchev–Trinajstić information content (AvgIpc) is 3.84. The van der Waals surface area contributed by atoms with Crippen LogP contribution in [-0.2, 0) is 48.8 Å². The number of aromatic nitrogens is 5. The molecule has 0 aliphatic carbocycles. The zero-order valence-corrected chi connectivity index (χ0v) is 33.6. The fourth-order valence-corrected chi connectivity index (χ4v) is 9.85. The minimum Gasteiger partial charge on any atom is -0.504 e. The van der Waals surface area contributed by atoms with Crippen molar-refractivity contribution in [1.82, 2.24) is 39.5 Å². The summed E-state index contributed by atoms with van der Waals surface area (Å²) in [6.07, 6.45) is 0.511. The zero-order valence-electron chi connectivity index (χ0n) is 30.3. The summed E-state index contributed by atoms with van der Waals surface area (Å²) >= 11 is 3.50. The van der Waals surface area contributed by atoms with Crippen LogP contribution in [0.5, 0.6) is 23.0 Å². The van der Waals surface area contributed by atoms with Gasteiger partial charge in [-0.2, -0.15) is 9.50 Å². The molecule has 3 aromatic heterocycles. The Morgan fingerprint density at radius 1 is 1.05 bits per heavy atom. The van der Waals surface area contributed by atoms with E-state index in [1.807, 2.05) is 6.92 Å². The first-order valence-corrected chi connectivity index (χ1v) is 21.6. The van der Waals surface area contributed by atoms with Crippen LogP contribution in [0.25, 0.3) is 5.78 Å². The number of fused-ring (bicyclic) bond motifs is 2. The lowest BCUT2D eigenvalue weighted by Gasteiger charge is -2.49. The zero-order chi connectivity index (χ0) is 42.2. The summed E-state index contributed by atoms with van der Waals surface area (Å²) in [5.41, 5.74) is 6.80. The predicted octanol–water partition coefficient (Wildman–Crippen LogP) is 1.48. The number of thiazole rings is 1. The molecule has 2 atom stereocenters. The predicted molar refractivity (Wildman–Crippen MR) is 212 cm³/mol. The third kappa shape index (κ3) is 8.54. The lowest BCUT2D eigenvalue weighted by Crippen LogP contribution is -2.71. The van der Waals surface area contributed by atoms with Gasteiger partial charge >= 0.3 is 5.97 Å². The van der Waals surface area contributed by atoms with Crippen LogP contribution in [0, 0.1) is 0 Å². The molecule has 2 amide bonds. The summed E-state index contributed by atoms with van der Waals surface area (Å²) < 4.78 is 29.4. The number of aromatic hydroxyl groups is 4. The van der Waals surface area contributed by atoms with Gasteiger partial charge in [0, 0.05) is 28.6 Å². The van der Waals surface area contributed by atoms with Crippen molar-refractivity contribution in [2.45, 2.75) is 47.8 Å². The molecule has 0 bridgehead atoms. The Hall–Kier alpha value is -6.15. The second kappa shape index (κ2) is 16.6. The normalized spacial score (nSPS) is 16.9. The second-order valence-electron chi connectivity index (χ2n) is 12.7. The number of benzene rings is 2. The molecule has 5 heterocycles. The van der Waals surface area contributed by atoms with Crippen molar-refractivity contribution in [3.05, 3.63) is 81.9 Å². The molecule has 0 saturated carbocycles. The number of sulfonamides is 1. The van der Waals surface area contributed by atoms with Crippen molar-refractivity contribution in [2.24, 2.45) is 5.16 Å². The average molecular weight is 885 g/mol. The number of carbonyl (C=O) groups excluding carboxylic acids is 2. The first kappa shape index (κ1) is 41.0. The van der Waals surface area contributed by atoms with Gasteiger partial charge in [-0.25, -0.2) is 27.9 Å². The highest BCUT2D eigenvalue weighted by atomic mass is 32.2. The van der Waals surface area contributed by atoms with Crippen LogP contribution in [0.2, 0.25) is 0 Å². The van der Waals surface area contributed by atoms with Gasteiger partial charge in [0.25, 0.3) is 17.6 Å². The van der Waals surface area contributed by atoms with Gasteiger partial charge in [-0.1, -0.05) is 18.1 Å². The Kier molecular flexibility index (Phi) is 11.5. The summed E-state index contributed by atoms with van der Waals surface area (Å²) in [7, 11) is -4.14. The number of carbonyl (C=O) groups is 3. The second-order valence-corrected chi connectivity index (χ2v) is 17.4. The smallest absolute Gasteiger partial charge is 0.352 e. The highest BCUT2D eigenvalue weighted by molar-refractivity contribution is 8.01. The number of carboxylic acid groups (broad SMARTS) is 1. The van der Waals surface area contributed by atoms with E-state index in [1.54, 1.807) is 6.07 Å². The minimum atomic E-state index is -4.14. The standard InChI is InChI=1S/C34H32N10O11S4/c1-2-17-8-25(44-34(37-17)39-24(41-44)10-36-59(53,54)18-4-6-21(46)23(48)9-18)56-12-16-13-57-31-27(30(50)43(31)28(16)32(51)52)40-29(49)26(19-14-58-33(35)38-19)42-55-11-15-3-5-20(45)22(47)7-15/h3-9,14,27,31,36,45-48H,2,10-13H2,1H3,(H2,35,38)(H,40,49)(H,51,52)/t27-,31-/m1/s1. The number of β-lactam (4-membered cyclic amide) rings is 1. The Labute approximate surface area is 345 Å². The van der Waals surface area contributed by atoms with Crippen molar-refractivity contribution >= 4 is 79.3 Å². The summed E-state index contributed by atoms with van der Waals surface area (Å²) in [6.45, 7) is 1.33. The number of nitrogens with one attached hydrogen (secondary N) is 2. The third-order valence-electron chi connectivity index (χ3n) is 8.75. The fraction of sp³-hybridized carbons (Fsp3) is 0.235. The molecule has 9 N–H and O–H groups in total. The number of amides is 2. The summed E-state index contributed by atoms with van der Waals surface area (Å²) in [5.74, 6) is -4.12. The minimum absolute atomic E-state index is 0.0654. The van der Waals surface area contributed by atoms with Gasteiger partial charge in [-0.15, -0.1) is 40.0 Å². The number of carboxylic acids is 1. The molecule has 2 aromatic carbocycles. The number of hydrogen-bond acceptors (Lipinski definition) is 19. The van der Waals surface area contributed by atoms with E-state index in [1.165, 1.54) is 51.6 Å². The monoisotopic (exact) mass is 884 g/mol. The maximum atomic E-state index is 13.5. The Morgan fingerprint density at radius 2 is 1.80 bits per heavy atom. The van der Waals surface area contributed by atoms with Crippen molar-refractivity contribution in [3.8, 4) is 23.0 Å². The van der Waals surface area contributed by atoms with Gasteiger partial charge in [0.05, 0.1) is 11.4 Å². The Balaban J connectivity index is 1.05. The highest BCUT2D eigenvalue weighted by Gasteiger charge is 2.54. The molecular formula is C34H32N10O11S4. The van der Waals surface area contributed by atoms with Gasteiger partial charge in [-0.3, -0.25) is 14.5 Å². The first-order chi connectivity index (χ1) is 28.1. The van der Waals surface area contributed by atoms with E-state index in [9.17, 15) is 48.3 Å². The first-order valence-electron chi connectivity index (χ1n) is 17.2.